The average molecular weight is 284 g/mol. The molecule has 0 saturated heterocycles. The summed E-state index contributed by atoms with van der Waals surface area (Å²) in [6, 6.07) is 0. The van der Waals surface area contributed by atoms with Gasteiger partial charge in [-0.25, -0.2) is 0 Å². The van der Waals surface area contributed by atoms with Gasteiger partial charge in [0.25, 0.3) is 0 Å². The van der Waals surface area contributed by atoms with Gasteiger partial charge in [-0.15, -0.1) is 0 Å². The molecule has 0 aromatic carbocycles. The van der Waals surface area contributed by atoms with Crippen molar-refractivity contribution in [3.8, 4) is 0 Å². The number of carboxylic acid groups (broad SMARTS) is 1. The molecule has 0 aromatic heterocycles. The summed E-state index contributed by atoms with van der Waals surface area (Å²) >= 11 is 0. The molecule has 6 nitrogen and oxygen atoms in total. The standard InChI is InChI=1S/C14H24N2O4/c17-12(7-4-8-14(19)20)15-16-13(18)10-9-11-5-2-1-3-6-11/h11H,1-10H2,(H,15,17)(H,16,18)(H,19,20). The van der Waals surface area contributed by atoms with E-state index in [1.807, 2.05) is 0 Å². The predicted molar refractivity (Wildman–Crippen MR) is 73.6 cm³/mol. The highest BCUT2D eigenvalue weighted by Crippen LogP contribution is 2.26. The normalized spacial score (nSPS) is 15.6. The fourth-order valence-electron chi connectivity index (χ4n) is 2.48. The summed E-state index contributed by atoms with van der Waals surface area (Å²) in [6.45, 7) is 0. The molecule has 1 aliphatic rings. The third-order valence-electron chi connectivity index (χ3n) is 3.64. The Morgan fingerprint density at radius 3 is 2.10 bits per heavy atom. The molecule has 1 saturated carbocycles. The number of rotatable bonds is 7. The van der Waals surface area contributed by atoms with Crippen LogP contribution in [0.4, 0.5) is 0 Å². The second-order valence-electron chi connectivity index (χ2n) is 5.39. The molecule has 0 unspecified atom stereocenters. The topological polar surface area (TPSA) is 95.5 Å². The number of hydrogen-bond donors (Lipinski definition) is 3. The van der Waals surface area contributed by atoms with Gasteiger partial charge in [0.1, 0.15) is 0 Å². The zero-order valence-corrected chi connectivity index (χ0v) is 11.8. The molecule has 1 rings (SSSR count). The van der Waals surface area contributed by atoms with Gasteiger partial charge in [-0.1, -0.05) is 32.1 Å². The molecule has 20 heavy (non-hydrogen) atoms. The minimum atomic E-state index is -0.922. The Morgan fingerprint density at radius 2 is 1.50 bits per heavy atom. The second-order valence-corrected chi connectivity index (χ2v) is 5.39. The fourth-order valence-corrected chi connectivity index (χ4v) is 2.48. The first-order valence-electron chi connectivity index (χ1n) is 7.37. The lowest BCUT2D eigenvalue weighted by atomic mass is 9.86. The van der Waals surface area contributed by atoms with Crippen molar-refractivity contribution in [2.24, 2.45) is 5.92 Å². The summed E-state index contributed by atoms with van der Waals surface area (Å²) in [6.07, 6.45) is 7.87. The van der Waals surface area contributed by atoms with Crippen molar-refractivity contribution >= 4 is 17.8 Å². The van der Waals surface area contributed by atoms with Gasteiger partial charge >= 0.3 is 5.97 Å². The van der Waals surface area contributed by atoms with Crippen LogP contribution >= 0.6 is 0 Å². The van der Waals surface area contributed by atoms with Crippen molar-refractivity contribution in [2.75, 3.05) is 0 Å². The summed E-state index contributed by atoms with van der Waals surface area (Å²) in [5.41, 5.74) is 4.69. The molecule has 6 heteroatoms. The average Bonchev–Trinajstić information content (AvgIpc) is 2.43. The number of carboxylic acids is 1. The van der Waals surface area contributed by atoms with Gasteiger partial charge in [-0.05, 0) is 18.8 Å². The molecule has 0 aromatic rings. The number of hydrogen-bond acceptors (Lipinski definition) is 3. The summed E-state index contributed by atoms with van der Waals surface area (Å²) in [5.74, 6) is -0.811. The molecular weight excluding hydrogens is 260 g/mol. The monoisotopic (exact) mass is 284 g/mol. The maximum atomic E-state index is 11.6. The van der Waals surface area contributed by atoms with Crippen LogP contribution in [0.1, 0.15) is 64.2 Å². The Kier molecular flexibility index (Phi) is 7.69. The van der Waals surface area contributed by atoms with Gasteiger partial charge in [0.15, 0.2) is 0 Å². The van der Waals surface area contributed by atoms with E-state index in [0.717, 1.165) is 6.42 Å². The highest BCUT2D eigenvalue weighted by Gasteiger charge is 2.15. The summed E-state index contributed by atoms with van der Waals surface area (Å²) in [7, 11) is 0. The van der Waals surface area contributed by atoms with Crippen molar-refractivity contribution in [3.05, 3.63) is 0 Å². The quantitative estimate of drug-likeness (QED) is 0.621. The van der Waals surface area contributed by atoms with Crippen LogP contribution in [0, 0.1) is 5.92 Å². The molecule has 114 valence electrons. The molecule has 0 heterocycles. The minimum absolute atomic E-state index is 0.0386. The molecule has 0 bridgehead atoms. The summed E-state index contributed by atoms with van der Waals surface area (Å²) in [4.78, 5) is 33.1. The summed E-state index contributed by atoms with van der Waals surface area (Å²) < 4.78 is 0. The lowest BCUT2D eigenvalue weighted by Gasteiger charge is -2.20. The molecule has 1 fully saturated rings. The zero-order valence-electron chi connectivity index (χ0n) is 11.8. The Labute approximate surface area is 119 Å². The van der Waals surface area contributed by atoms with Crippen LogP contribution in [0.15, 0.2) is 0 Å². The lowest BCUT2D eigenvalue weighted by Crippen LogP contribution is -2.41. The first-order chi connectivity index (χ1) is 9.58. The maximum Gasteiger partial charge on any atom is 0.303 e. The molecule has 1 aliphatic carbocycles. The first-order valence-corrected chi connectivity index (χ1v) is 7.37. The van der Waals surface area contributed by atoms with Gasteiger partial charge < -0.3 is 5.11 Å². The van der Waals surface area contributed by atoms with Gasteiger partial charge in [0.05, 0.1) is 0 Å². The van der Waals surface area contributed by atoms with Crippen LogP contribution in [0.25, 0.3) is 0 Å². The van der Waals surface area contributed by atoms with Crippen LogP contribution in [0.3, 0.4) is 0 Å². The number of carbonyl (C=O) groups is 3. The molecule has 0 aliphatic heterocycles. The molecule has 0 radical (unpaired) electrons. The number of amides is 2. The third-order valence-corrected chi connectivity index (χ3v) is 3.64. The first kappa shape index (κ1) is 16.5. The number of nitrogens with one attached hydrogen (secondary N) is 2. The van der Waals surface area contributed by atoms with E-state index in [0.29, 0.717) is 12.3 Å². The Morgan fingerprint density at radius 1 is 0.900 bits per heavy atom. The van der Waals surface area contributed by atoms with Crippen molar-refractivity contribution in [1.29, 1.82) is 0 Å². The largest absolute Gasteiger partial charge is 0.481 e. The van der Waals surface area contributed by atoms with E-state index >= 15 is 0 Å². The zero-order chi connectivity index (χ0) is 14.8. The van der Waals surface area contributed by atoms with Crippen molar-refractivity contribution in [1.82, 2.24) is 10.9 Å². The van der Waals surface area contributed by atoms with Gasteiger partial charge in [-0.2, -0.15) is 0 Å². The van der Waals surface area contributed by atoms with E-state index in [-0.39, 0.29) is 31.1 Å². The van der Waals surface area contributed by atoms with Gasteiger partial charge in [-0.3, -0.25) is 25.2 Å². The minimum Gasteiger partial charge on any atom is -0.481 e. The van der Waals surface area contributed by atoms with Gasteiger partial charge in [0, 0.05) is 19.3 Å². The molecule has 0 atom stereocenters. The van der Waals surface area contributed by atoms with Crippen LogP contribution in [0.2, 0.25) is 0 Å². The smallest absolute Gasteiger partial charge is 0.303 e. The van der Waals surface area contributed by atoms with Crippen LogP contribution in [0.5, 0.6) is 0 Å². The SMILES string of the molecule is O=C(O)CCCC(=O)NNC(=O)CCC1CCCCC1. The van der Waals surface area contributed by atoms with Crippen LogP contribution in [-0.4, -0.2) is 22.9 Å². The highest BCUT2D eigenvalue weighted by molar-refractivity contribution is 5.82. The van der Waals surface area contributed by atoms with E-state index in [4.69, 9.17) is 5.11 Å². The number of hydrazine groups is 1. The van der Waals surface area contributed by atoms with Gasteiger partial charge in [0.2, 0.25) is 11.8 Å². The van der Waals surface area contributed by atoms with Crippen molar-refractivity contribution in [2.45, 2.75) is 64.2 Å². The fraction of sp³-hybridized carbons (Fsp3) is 0.786. The Hall–Kier alpha value is -1.59. The maximum absolute atomic E-state index is 11.6. The highest BCUT2D eigenvalue weighted by atomic mass is 16.4. The number of aliphatic carboxylic acids is 1. The van der Waals surface area contributed by atoms with Crippen molar-refractivity contribution in [3.63, 3.8) is 0 Å². The van der Waals surface area contributed by atoms with E-state index in [2.05, 4.69) is 10.9 Å². The summed E-state index contributed by atoms with van der Waals surface area (Å²) in [5, 5.41) is 8.44. The second kappa shape index (κ2) is 9.34. The Bertz CT molecular complexity index is 338. The number of carbonyl (C=O) groups excluding carboxylic acids is 2. The van der Waals surface area contributed by atoms with E-state index in [1.54, 1.807) is 0 Å². The van der Waals surface area contributed by atoms with E-state index < -0.39 is 5.97 Å². The van der Waals surface area contributed by atoms with Crippen molar-refractivity contribution < 1.29 is 19.5 Å². The molecule has 0 spiro atoms. The molecule has 3 N–H and O–H groups in total. The van der Waals surface area contributed by atoms with Crippen LogP contribution in [-0.2, 0) is 14.4 Å². The molecule has 2 amide bonds. The van der Waals surface area contributed by atoms with E-state index in [1.165, 1.54) is 32.1 Å². The Balaban J connectivity index is 2.03. The predicted octanol–water partition coefficient (Wildman–Crippen LogP) is 1.75. The van der Waals surface area contributed by atoms with Crippen LogP contribution < -0.4 is 10.9 Å². The third kappa shape index (κ3) is 7.76. The lowest BCUT2D eigenvalue weighted by molar-refractivity contribution is -0.137. The van der Waals surface area contributed by atoms with E-state index in [9.17, 15) is 14.4 Å². The molecular formula is C14H24N2O4.